The highest BCUT2D eigenvalue weighted by atomic mass is 32.2. The van der Waals surface area contributed by atoms with Crippen molar-refractivity contribution in [1.29, 1.82) is 0 Å². The van der Waals surface area contributed by atoms with Crippen molar-refractivity contribution >= 4 is 15.7 Å². The molecule has 0 bridgehead atoms. The highest BCUT2D eigenvalue weighted by molar-refractivity contribution is 7.91. The molecule has 3 rings (SSSR count). The quantitative estimate of drug-likeness (QED) is 0.608. The fraction of sp³-hybridized carbons (Fsp3) is 0.150. The van der Waals surface area contributed by atoms with E-state index in [4.69, 9.17) is 4.74 Å². The number of halogens is 1. The molecule has 1 aromatic heterocycles. The smallest absolute Gasteiger partial charge is 0.267 e. The maximum atomic E-state index is 13.4. The molecule has 0 fully saturated rings. The van der Waals surface area contributed by atoms with Crippen molar-refractivity contribution in [1.82, 2.24) is 15.1 Å². The lowest BCUT2D eigenvalue weighted by molar-refractivity contribution is -0.122. The van der Waals surface area contributed by atoms with Gasteiger partial charge < -0.3 is 10.1 Å². The number of benzene rings is 2. The molecule has 0 spiro atoms. The van der Waals surface area contributed by atoms with E-state index in [0.717, 1.165) is 34.5 Å². The average molecular weight is 431 g/mol. The lowest BCUT2D eigenvalue weighted by Gasteiger charge is -2.09. The fourth-order valence-electron chi connectivity index (χ4n) is 2.58. The maximum absolute atomic E-state index is 13.4. The molecule has 0 aliphatic carbocycles. The Kier molecular flexibility index (Phi) is 6.26. The van der Waals surface area contributed by atoms with Crippen LogP contribution in [0.5, 0.6) is 5.75 Å². The summed E-state index contributed by atoms with van der Waals surface area (Å²) < 4.78 is 44.5. The summed E-state index contributed by atoms with van der Waals surface area (Å²) in [5, 5.41) is 5.95. The number of nitrogens with one attached hydrogen (secondary N) is 1. The van der Waals surface area contributed by atoms with Gasteiger partial charge in [-0.25, -0.2) is 17.5 Å². The van der Waals surface area contributed by atoms with Gasteiger partial charge in [-0.2, -0.15) is 5.10 Å². The summed E-state index contributed by atoms with van der Waals surface area (Å²) in [6.45, 7) is -0.264. The number of hydrogen-bond donors (Lipinski definition) is 1. The van der Waals surface area contributed by atoms with Crippen molar-refractivity contribution in [3.63, 3.8) is 0 Å². The minimum absolute atomic E-state index is 0.207. The molecule has 0 unspecified atom stereocenters. The minimum Gasteiger partial charge on any atom is -0.497 e. The van der Waals surface area contributed by atoms with E-state index in [2.05, 4.69) is 10.4 Å². The molecular formula is C20H18FN3O5S. The monoisotopic (exact) mass is 431 g/mol. The van der Waals surface area contributed by atoms with Gasteiger partial charge in [-0.1, -0.05) is 18.2 Å². The Morgan fingerprint density at radius 3 is 2.53 bits per heavy atom. The fourth-order valence-corrected chi connectivity index (χ4v) is 3.80. The number of carbonyl (C=O) groups excluding carboxylic acids is 1. The third-order valence-electron chi connectivity index (χ3n) is 4.17. The van der Waals surface area contributed by atoms with Crippen molar-refractivity contribution in [2.75, 3.05) is 7.11 Å². The van der Waals surface area contributed by atoms with E-state index in [9.17, 15) is 22.4 Å². The van der Waals surface area contributed by atoms with Crippen LogP contribution in [0.4, 0.5) is 4.39 Å². The Hall–Kier alpha value is -3.53. The number of hydrogen-bond acceptors (Lipinski definition) is 6. The number of sulfone groups is 1. The average Bonchev–Trinajstić information content (AvgIpc) is 2.74. The molecule has 8 nitrogen and oxygen atoms in total. The molecule has 10 heteroatoms. The van der Waals surface area contributed by atoms with Gasteiger partial charge in [-0.3, -0.25) is 9.59 Å². The summed E-state index contributed by atoms with van der Waals surface area (Å²) in [6, 6.07) is 13.5. The zero-order valence-electron chi connectivity index (χ0n) is 15.9. The zero-order valence-corrected chi connectivity index (χ0v) is 16.7. The van der Waals surface area contributed by atoms with Gasteiger partial charge in [-0.15, -0.1) is 0 Å². The van der Waals surface area contributed by atoms with Gasteiger partial charge in [0.25, 0.3) is 5.56 Å². The van der Waals surface area contributed by atoms with E-state index >= 15 is 0 Å². The summed E-state index contributed by atoms with van der Waals surface area (Å²) >= 11 is 0. The van der Waals surface area contributed by atoms with Crippen molar-refractivity contribution in [2.45, 2.75) is 23.0 Å². The molecular weight excluding hydrogens is 413 g/mol. The first-order valence-electron chi connectivity index (χ1n) is 8.78. The Morgan fingerprint density at radius 1 is 1.13 bits per heavy atom. The number of nitrogens with zero attached hydrogens (tertiary/aromatic N) is 2. The highest BCUT2D eigenvalue weighted by Gasteiger charge is 2.21. The maximum Gasteiger partial charge on any atom is 0.267 e. The number of rotatable bonds is 7. The van der Waals surface area contributed by atoms with E-state index < -0.39 is 38.7 Å². The Bertz CT molecular complexity index is 1220. The largest absolute Gasteiger partial charge is 0.497 e. The summed E-state index contributed by atoms with van der Waals surface area (Å²) in [5.74, 6) is -0.569. The van der Waals surface area contributed by atoms with E-state index in [1.807, 2.05) is 0 Å². The molecule has 0 aliphatic rings. The summed E-state index contributed by atoms with van der Waals surface area (Å²) in [5.41, 5.74) is 0.166. The van der Waals surface area contributed by atoms with E-state index in [-0.39, 0.29) is 11.4 Å². The second-order valence-corrected chi connectivity index (χ2v) is 8.15. The van der Waals surface area contributed by atoms with Gasteiger partial charge in [0.1, 0.15) is 18.1 Å². The van der Waals surface area contributed by atoms with Crippen molar-refractivity contribution in [3.05, 3.63) is 82.4 Å². The van der Waals surface area contributed by atoms with Crippen LogP contribution in [0.25, 0.3) is 0 Å². The molecule has 2 aromatic carbocycles. The molecule has 0 saturated carbocycles. The van der Waals surface area contributed by atoms with Crippen LogP contribution in [0, 0.1) is 5.82 Å². The molecule has 156 valence electrons. The standard InChI is InChI=1S/C20H18FN3O5S/c1-29-16-7-5-14(6-8-16)12-22-18(25)13-24-20(26)10-9-19(23-24)30(27,28)17-4-2-3-15(21)11-17/h2-11H,12-13H2,1H3,(H,22,25). The van der Waals surface area contributed by atoms with Crippen LogP contribution in [0.1, 0.15) is 5.56 Å². The number of aromatic nitrogens is 2. The van der Waals surface area contributed by atoms with Crippen LogP contribution in [-0.2, 0) is 27.7 Å². The van der Waals surface area contributed by atoms with Gasteiger partial charge in [0.05, 0.1) is 12.0 Å². The van der Waals surface area contributed by atoms with Gasteiger partial charge in [0.15, 0.2) is 5.03 Å². The number of ether oxygens (including phenoxy) is 1. The van der Waals surface area contributed by atoms with Crippen LogP contribution in [-0.4, -0.2) is 31.2 Å². The van der Waals surface area contributed by atoms with Crippen LogP contribution in [0.3, 0.4) is 0 Å². The molecule has 1 heterocycles. The number of amides is 1. The van der Waals surface area contributed by atoms with Crippen LogP contribution in [0.15, 0.2) is 75.4 Å². The SMILES string of the molecule is COc1ccc(CNC(=O)Cn2nc(S(=O)(=O)c3cccc(F)c3)ccc2=O)cc1. The Balaban J connectivity index is 1.74. The summed E-state index contributed by atoms with van der Waals surface area (Å²) in [4.78, 5) is 23.9. The van der Waals surface area contributed by atoms with Crippen LogP contribution < -0.4 is 15.6 Å². The first kappa shape index (κ1) is 21.2. The molecule has 0 atom stereocenters. The number of methoxy groups -OCH3 is 1. The Labute approximate surface area is 171 Å². The van der Waals surface area contributed by atoms with Gasteiger partial charge in [0.2, 0.25) is 15.7 Å². The molecule has 1 N–H and O–H groups in total. The second kappa shape index (κ2) is 8.87. The van der Waals surface area contributed by atoms with Gasteiger partial charge in [-0.05, 0) is 42.0 Å². The van der Waals surface area contributed by atoms with E-state index in [1.54, 1.807) is 31.4 Å². The lowest BCUT2D eigenvalue weighted by atomic mass is 10.2. The molecule has 1 amide bonds. The van der Waals surface area contributed by atoms with Crippen molar-refractivity contribution < 1.29 is 22.3 Å². The lowest BCUT2D eigenvalue weighted by Crippen LogP contribution is -2.33. The molecule has 3 aromatic rings. The first-order valence-corrected chi connectivity index (χ1v) is 10.3. The van der Waals surface area contributed by atoms with Crippen LogP contribution in [0.2, 0.25) is 0 Å². The first-order chi connectivity index (χ1) is 14.3. The number of carbonyl (C=O) groups is 1. The predicted molar refractivity (Wildman–Crippen MR) is 105 cm³/mol. The van der Waals surface area contributed by atoms with Crippen molar-refractivity contribution in [3.8, 4) is 5.75 Å². The zero-order chi connectivity index (χ0) is 21.7. The van der Waals surface area contributed by atoms with Crippen LogP contribution >= 0.6 is 0 Å². The topological polar surface area (TPSA) is 107 Å². The summed E-state index contributed by atoms with van der Waals surface area (Å²) in [7, 11) is -2.61. The predicted octanol–water partition coefficient (Wildman–Crippen LogP) is 1.54. The second-order valence-electron chi connectivity index (χ2n) is 6.25. The minimum atomic E-state index is -4.15. The van der Waals surface area contributed by atoms with Gasteiger partial charge >= 0.3 is 0 Å². The highest BCUT2D eigenvalue weighted by Crippen LogP contribution is 2.18. The van der Waals surface area contributed by atoms with Crippen molar-refractivity contribution in [2.24, 2.45) is 0 Å². The molecule has 0 radical (unpaired) electrons. The van der Waals surface area contributed by atoms with E-state index in [0.29, 0.717) is 5.75 Å². The molecule has 0 aliphatic heterocycles. The van der Waals surface area contributed by atoms with Gasteiger partial charge in [0, 0.05) is 12.6 Å². The Morgan fingerprint density at radius 2 is 1.87 bits per heavy atom. The third kappa shape index (κ3) is 4.90. The third-order valence-corrected chi connectivity index (χ3v) is 5.81. The molecule has 30 heavy (non-hydrogen) atoms. The van der Waals surface area contributed by atoms with E-state index in [1.165, 1.54) is 12.1 Å². The molecule has 0 saturated heterocycles. The summed E-state index contributed by atoms with van der Waals surface area (Å²) in [6.07, 6.45) is 0. The normalized spacial score (nSPS) is 11.1.